The Morgan fingerprint density at radius 1 is 1.05 bits per heavy atom. The van der Waals surface area contributed by atoms with Gasteiger partial charge < -0.3 is 25.0 Å². The maximum absolute atomic E-state index is 12.7. The van der Waals surface area contributed by atoms with E-state index < -0.39 is 12.5 Å². The van der Waals surface area contributed by atoms with Gasteiger partial charge in [-0.2, -0.15) is 0 Å². The van der Waals surface area contributed by atoms with Crippen LogP contribution in [0.3, 0.4) is 0 Å². The average molecular weight is 532 g/mol. The van der Waals surface area contributed by atoms with Crippen LogP contribution in [0.1, 0.15) is 43.2 Å². The second kappa shape index (κ2) is 11.1. The quantitative estimate of drug-likeness (QED) is 0.548. The molecule has 2 aromatic carbocycles. The van der Waals surface area contributed by atoms with Gasteiger partial charge in [-0.1, -0.05) is 30.3 Å². The van der Waals surface area contributed by atoms with Crippen molar-refractivity contribution in [3.63, 3.8) is 0 Å². The van der Waals surface area contributed by atoms with E-state index in [1.54, 1.807) is 12.1 Å². The van der Waals surface area contributed by atoms with Crippen molar-refractivity contribution in [2.45, 2.75) is 56.4 Å². The van der Waals surface area contributed by atoms with Gasteiger partial charge in [0.1, 0.15) is 5.75 Å². The molecule has 3 heterocycles. The lowest BCUT2D eigenvalue weighted by Crippen LogP contribution is -2.48. The zero-order valence-corrected chi connectivity index (χ0v) is 21.6. The molecule has 1 atom stereocenters. The largest absolute Gasteiger partial charge is 0.573 e. The molecule has 0 aromatic heterocycles. The summed E-state index contributed by atoms with van der Waals surface area (Å²) in [7, 11) is 0. The summed E-state index contributed by atoms with van der Waals surface area (Å²) in [4.78, 5) is 16.9. The monoisotopic (exact) mass is 531 g/mol. The molecular weight excluding hydrogens is 495 g/mol. The summed E-state index contributed by atoms with van der Waals surface area (Å²) in [6.45, 7) is 4.89. The Hall–Kier alpha value is -2.78. The molecule has 38 heavy (non-hydrogen) atoms. The number of amides is 1. The molecule has 2 N–H and O–H groups in total. The molecule has 0 aliphatic carbocycles. The van der Waals surface area contributed by atoms with Crippen molar-refractivity contribution in [2.24, 2.45) is 5.92 Å². The smallest absolute Gasteiger partial charge is 0.406 e. The van der Waals surface area contributed by atoms with E-state index in [2.05, 4.69) is 39.2 Å². The number of benzene rings is 2. The zero-order chi connectivity index (χ0) is 26.8. The molecule has 1 amide bonds. The molecule has 3 aliphatic rings. The van der Waals surface area contributed by atoms with Crippen LogP contribution in [0.5, 0.6) is 5.75 Å². The Bertz CT molecular complexity index is 1090. The van der Waals surface area contributed by atoms with Crippen molar-refractivity contribution in [2.75, 3.05) is 44.6 Å². The summed E-state index contributed by atoms with van der Waals surface area (Å²) in [5.74, 6) is -0.0385. The molecule has 3 aliphatic heterocycles. The van der Waals surface area contributed by atoms with E-state index in [1.807, 2.05) is 4.90 Å². The number of aryl methyl sites for hydroxylation is 1. The Labute approximate surface area is 221 Å². The van der Waals surface area contributed by atoms with Gasteiger partial charge in [-0.15, -0.1) is 13.2 Å². The fraction of sp³-hybridized carbons (Fsp3) is 0.552. The summed E-state index contributed by atoms with van der Waals surface area (Å²) in [5, 5.41) is 14.5. The number of para-hydroxylation sites is 1. The molecule has 0 radical (unpaired) electrons. The first kappa shape index (κ1) is 26.8. The predicted molar refractivity (Wildman–Crippen MR) is 139 cm³/mol. The Kier molecular flexibility index (Phi) is 7.86. The zero-order valence-electron chi connectivity index (χ0n) is 21.6. The van der Waals surface area contributed by atoms with Gasteiger partial charge in [-0.25, -0.2) is 0 Å². The second-order valence-electron chi connectivity index (χ2n) is 11.0. The number of hydrogen-bond donors (Lipinski definition) is 2. The minimum Gasteiger partial charge on any atom is -0.406 e. The number of ether oxygens (including phenoxy) is 1. The molecule has 9 heteroatoms. The van der Waals surface area contributed by atoms with Crippen LogP contribution in [-0.2, 0) is 16.6 Å². The standard InChI is InChI=1S/C29H36F3N3O3/c30-29(31,32)38-23-8-5-21(6-9-23)7-10-27(37)35-15-11-22(12-16-35)26(36)19-34-17-13-28(14-18-34)20-33-25-4-2-1-3-24(25)28/h1-6,8-9,22,26,33,36H,7,10-20H2. The highest BCUT2D eigenvalue weighted by atomic mass is 19.4. The number of likely N-dealkylation sites (tertiary alicyclic amines) is 2. The molecule has 1 spiro atoms. The fourth-order valence-electron chi connectivity index (χ4n) is 6.28. The number of aliphatic hydroxyl groups excluding tert-OH is 1. The summed E-state index contributed by atoms with van der Waals surface area (Å²) in [5.41, 5.74) is 3.70. The number of hydrogen-bond acceptors (Lipinski definition) is 5. The summed E-state index contributed by atoms with van der Waals surface area (Å²) < 4.78 is 40.8. The number of fused-ring (bicyclic) bond motifs is 2. The van der Waals surface area contributed by atoms with Crippen LogP contribution < -0.4 is 10.1 Å². The molecule has 1 unspecified atom stereocenters. The van der Waals surface area contributed by atoms with Gasteiger partial charge in [0.2, 0.25) is 5.91 Å². The van der Waals surface area contributed by atoms with Gasteiger partial charge in [0.05, 0.1) is 6.10 Å². The van der Waals surface area contributed by atoms with Crippen molar-refractivity contribution in [1.82, 2.24) is 9.80 Å². The molecule has 5 rings (SSSR count). The first-order chi connectivity index (χ1) is 18.2. The lowest BCUT2D eigenvalue weighted by molar-refractivity contribution is -0.274. The lowest BCUT2D eigenvalue weighted by atomic mass is 9.74. The van der Waals surface area contributed by atoms with Gasteiger partial charge in [0.25, 0.3) is 0 Å². The van der Waals surface area contributed by atoms with Gasteiger partial charge in [-0.05, 0) is 80.4 Å². The Morgan fingerprint density at radius 2 is 1.74 bits per heavy atom. The van der Waals surface area contributed by atoms with Crippen LogP contribution in [-0.4, -0.2) is 72.5 Å². The maximum atomic E-state index is 12.7. The van der Waals surface area contributed by atoms with Crippen molar-refractivity contribution in [1.29, 1.82) is 0 Å². The number of halogens is 3. The normalized spacial score (nSPS) is 20.7. The van der Waals surface area contributed by atoms with Crippen LogP contribution in [0.2, 0.25) is 0 Å². The molecule has 2 fully saturated rings. The van der Waals surface area contributed by atoms with E-state index in [-0.39, 0.29) is 23.0 Å². The van der Waals surface area contributed by atoms with E-state index in [9.17, 15) is 23.1 Å². The number of β-amino-alcohol motifs (C(OH)–C–C–N with tert-alkyl or cyclic N) is 1. The highest BCUT2D eigenvalue weighted by Crippen LogP contribution is 2.43. The number of alkyl halides is 3. The Balaban J connectivity index is 1.02. The number of rotatable bonds is 7. The maximum Gasteiger partial charge on any atom is 0.573 e. The number of anilines is 1. The molecule has 0 bridgehead atoms. The minimum absolute atomic E-state index is 0.0420. The second-order valence-corrected chi connectivity index (χ2v) is 11.0. The topological polar surface area (TPSA) is 65.0 Å². The van der Waals surface area contributed by atoms with Gasteiger partial charge >= 0.3 is 6.36 Å². The van der Waals surface area contributed by atoms with Gasteiger partial charge in [0.15, 0.2) is 0 Å². The number of aliphatic hydroxyl groups is 1. The third-order valence-corrected chi connectivity index (χ3v) is 8.60. The molecule has 6 nitrogen and oxygen atoms in total. The van der Waals surface area contributed by atoms with E-state index in [4.69, 9.17) is 0 Å². The highest BCUT2D eigenvalue weighted by molar-refractivity contribution is 5.76. The summed E-state index contributed by atoms with van der Waals surface area (Å²) >= 11 is 0. The van der Waals surface area contributed by atoms with Crippen LogP contribution in [0.25, 0.3) is 0 Å². The SMILES string of the molecule is O=C(CCc1ccc(OC(F)(F)F)cc1)N1CCC(C(O)CN2CCC3(CC2)CNc2ccccc23)CC1. The number of carbonyl (C=O) groups is 1. The van der Waals surface area contributed by atoms with Crippen molar-refractivity contribution >= 4 is 11.6 Å². The van der Waals surface area contributed by atoms with Crippen molar-refractivity contribution in [3.05, 3.63) is 59.7 Å². The minimum atomic E-state index is -4.71. The summed E-state index contributed by atoms with van der Waals surface area (Å²) in [6, 6.07) is 14.3. The van der Waals surface area contributed by atoms with Gasteiger partial charge in [-0.3, -0.25) is 4.79 Å². The van der Waals surface area contributed by atoms with Crippen LogP contribution in [0, 0.1) is 5.92 Å². The number of nitrogens with zero attached hydrogens (tertiary/aromatic N) is 2. The fourth-order valence-corrected chi connectivity index (χ4v) is 6.28. The third-order valence-electron chi connectivity index (χ3n) is 8.60. The third kappa shape index (κ3) is 6.26. The number of nitrogens with one attached hydrogen (secondary N) is 1. The molecule has 2 aromatic rings. The Morgan fingerprint density at radius 3 is 2.42 bits per heavy atom. The number of piperidine rings is 2. The highest BCUT2D eigenvalue weighted by Gasteiger charge is 2.41. The van der Waals surface area contributed by atoms with Crippen molar-refractivity contribution < 1.29 is 27.8 Å². The molecule has 2 saturated heterocycles. The average Bonchev–Trinajstić information content (AvgIpc) is 3.27. The van der Waals surface area contributed by atoms with E-state index in [0.29, 0.717) is 32.5 Å². The van der Waals surface area contributed by atoms with E-state index in [0.717, 1.165) is 50.9 Å². The first-order valence-electron chi connectivity index (χ1n) is 13.6. The van der Waals surface area contributed by atoms with Crippen LogP contribution in [0.4, 0.5) is 18.9 Å². The first-order valence-corrected chi connectivity index (χ1v) is 13.6. The van der Waals surface area contributed by atoms with E-state index >= 15 is 0 Å². The molecule has 206 valence electrons. The summed E-state index contributed by atoms with van der Waals surface area (Å²) in [6.07, 6.45) is -0.591. The van der Waals surface area contributed by atoms with E-state index in [1.165, 1.54) is 23.4 Å². The van der Waals surface area contributed by atoms with Crippen molar-refractivity contribution in [3.8, 4) is 5.75 Å². The molecule has 0 saturated carbocycles. The molecular formula is C29H36F3N3O3. The van der Waals surface area contributed by atoms with Crippen LogP contribution in [0.15, 0.2) is 48.5 Å². The van der Waals surface area contributed by atoms with Crippen LogP contribution >= 0.6 is 0 Å². The predicted octanol–water partition coefficient (Wildman–Crippen LogP) is 4.58. The lowest BCUT2D eigenvalue weighted by Gasteiger charge is -2.41. The number of carbonyl (C=O) groups excluding carboxylic acids is 1. The van der Waals surface area contributed by atoms with Gasteiger partial charge in [0, 0.05) is 43.7 Å².